The molecule has 0 bridgehead atoms. The summed E-state index contributed by atoms with van der Waals surface area (Å²) in [6.45, 7) is 1.41. The number of fused-ring (bicyclic) bond motifs is 5. The minimum atomic E-state index is -0.796. The minimum absolute atomic E-state index is 0.132. The van der Waals surface area contributed by atoms with Crippen molar-refractivity contribution in [1.82, 2.24) is 5.32 Å². The Bertz CT molecular complexity index is 1210. The minimum Gasteiger partial charge on any atom is -0.366 e. The van der Waals surface area contributed by atoms with Gasteiger partial charge in [0.05, 0.1) is 17.1 Å². The van der Waals surface area contributed by atoms with Gasteiger partial charge in [-0.2, -0.15) is 5.10 Å². The summed E-state index contributed by atoms with van der Waals surface area (Å²) in [5, 5.41) is 10.2. The fourth-order valence-corrected chi connectivity index (χ4v) is 5.96. The van der Waals surface area contributed by atoms with Crippen LogP contribution in [0.4, 0.5) is 5.00 Å². The number of nitrogens with one attached hydrogen (secondary N) is 1. The lowest BCUT2D eigenvalue weighted by Gasteiger charge is -2.36. The number of carbonyl (C=O) groups excluding carboxylic acids is 3. The topological polar surface area (TPSA) is 105 Å². The van der Waals surface area contributed by atoms with Crippen LogP contribution >= 0.6 is 22.9 Å². The number of amides is 2. The standard InChI is InChI=1S/C22H19ClN4O3S/c1-10(28)18-15(11-6-8-12(23)9-7-11)17(19(24)29)20-25-21(30)16-13-4-2-3-5-14(13)31-22(16)27(20)26-18/h6-9,15H,2-5H2,1H3,(H2,24,29)(H,25,30). The van der Waals surface area contributed by atoms with Crippen LogP contribution in [0.3, 0.4) is 0 Å². The SMILES string of the molecule is CC(=O)C1=NN2C(=C(C(N)=O)C1c1ccc(Cl)cc1)NC(=O)c1c2sc2c1CCCC2. The van der Waals surface area contributed by atoms with Crippen LogP contribution in [-0.4, -0.2) is 23.3 Å². The van der Waals surface area contributed by atoms with E-state index in [-0.39, 0.29) is 28.8 Å². The highest BCUT2D eigenvalue weighted by molar-refractivity contribution is 7.16. The second-order valence-corrected chi connectivity index (χ2v) is 9.33. The molecule has 1 aromatic carbocycles. The van der Waals surface area contributed by atoms with Crippen molar-refractivity contribution in [2.45, 2.75) is 38.5 Å². The molecule has 3 aliphatic rings. The molecule has 0 saturated heterocycles. The number of anilines is 1. The molecule has 3 heterocycles. The molecule has 0 fully saturated rings. The molecule has 31 heavy (non-hydrogen) atoms. The first-order chi connectivity index (χ1) is 14.9. The highest BCUT2D eigenvalue weighted by atomic mass is 35.5. The van der Waals surface area contributed by atoms with Crippen LogP contribution in [0, 0.1) is 0 Å². The van der Waals surface area contributed by atoms with Gasteiger partial charge in [0.2, 0.25) is 5.91 Å². The molecule has 0 radical (unpaired) electrons. The lowest BCUT2D eigenvalue weighted by molar-refractivity contribution is -0.114. The van der Waals surface area contributed by atoms with Crippen molar-refractivity contribution in [1.29, 1.82) is 0 Å². The third-order valence-electron chi connectivity index (χ3n) is 5.87. The van der Waals surface area contributed by atoms with Crippen LogP contribution in [0.5, 0.6) is 0 Å². The van der Waals surface area contributed by atoms with Gasteiger partial charge in [0.25, 0.3) is 5.91 Å². The van der Waals surface area contributed by atoms with E-state index in [1.165, 1.54) is 23.3 Å². The van der Waals surface area contributed by atoms with Crippen LogP contribution in [0.25, 0.3) is 0 Å². The molecular formula is C22H19ClN4O3S. The van der Waals surface area contributed by atoms with Crippen molar-refractivity contribution < 1.29 is 14.4 Å². The van der Waals surface area contributed by atoms with E-state index in [0.717, 1.165) is 36.1 Å². The Labute approximate surface area is 187 Å². The van der Waals surface area contributed by atoms with E-state index >= 15 is 0 Å². The third kappa shape index (κ3) is 3.09. The van der Waals surface area contributed by atoms with E-state index in [0.29, 0.717) is 21.2 Å². The molecule has 2 aromatic rings. The first-order valence-electron chi connectivity index (χ1n) is 10.0. The lowest BCUT2D eigenvalue weighted by atomic mass is 9.83. The number of thiophene rings is 1. The number of nitrogens with two attached hydrogens (primary N) is 1. The lowest BCUT2D eigenvalue weighted by Crippen LogP contribution is -2.47. The third-order valence-corrected chi connectivity index (χ3v) is 7.39. The Morgan fingerprint density at radius 2 is 1.94 bits per heavy atom. The summed E-state index contributed by atoms with van der Waals surface area (Å²) in [7, 11) is 0. The molecular weight excluding hydrogens is 436 g/mol. The quantitative estimate of drug-likeness (QED) is 0.742. The van der Waals surface area contributed by atoms with Gasteiger partial charge in [0.15, 0.2) is 5.78 Å². The average molecular weight is 455 g/mol. The van der Waals surface area contributed by atoms with Crippen molar-refractivity contribution in [2.24, 2.45) is 10.8 Å². The molecule has 2 aliphatic heterocycles. The van der Waals surface area contributed by atoms with Gasteiger partial charge in [-0.3, -0.25) is 14.4 Å². The number of halogens is 1. The number of carbonyl (C=O) groups is 3. The Morgan fingerprint density at radius 3 is 2.61 bits per heavy atom. The molecule has 1 aromatic heterocycles. The van der Waals surface area contributed by atoms with Crippen LogP contribution in [0.2, 0.25) is 5.02 Å². The number of nitrogens with zero attached hydrogens (tertiary/aromatic N) is 2. The number of hydrogen-bond acceptors (Lipinski definition) is 6. The van der Waals surface area contributed by atoms with E-state index in [9.17, 15) is 14.4 Å². The van der Waals surface area contributed by atoms with Crippen LogP contribution in [-0.2, 0) is 22.4 Å². The highest BCUT2D eigenvalue weighted by Crippen LogP contribution is 2.46. The number of hydrogen-bond donors (Lipinski definition) is 2. The van der Waals surface area contributed by atoms with E-state index in [1.807, 2.05) is 0 Å². The summed E-state index contributed by atoms with van der Waals surface area (Å²) < 4.78 is 0. The van der Waals surface area contributed by atoms with Gasteiger partial charge >= 0.3 is 0 Å². The Kier molecular flexibility index (Phi) is 4.71. The molecule has 0 saturated carbocycles. The number of benzene rings is 1. The zero-order valence-corrected chi connectivity index (χ0v) is 18.3. The molecule has 158 valence electrons. The van der Waals surface area contributed by atoms with Gasteiger partial charge in [-0.25, -0.2) is 5.01 Å². The van der Waals surface area contributed by atoms with Gasteiger partial charge in [-0.05, 0) is 48.9 Å². The molecule has 1 atom stereocenters. The second kappa shape index (κ2) is 7.32. The zero-order valence-electron chi connectivity index (χ0n) is 16.7. The molecule has 3 N–H and O–H groups in total. The van der Waals surface area contributed by atoms with Crippen molar-refractivity contribution in [2.75, 3.05) is 5.01 Å². The summed E-state index contributed by atoms with van der Waals surface area (Å²) in [6.07, 6.45) is 3.84. The second-order valence-electron chi connectivity index (χ2n) is 7.81. The Hall–Kier alpha value is -2.97. The molecule has 1 unspecified atom stereocenters. The molecule has 5 rings (SSSR count). The Balaban J connectivity index is 1.75. The van der Waals surface area contributed by atoms with Gasteiger partial charge < -0.3 is 11.1 Å². The maximum absolute atomic E-state index is 13.1. The van der Waals surface area contributed by atoms with Gasteiger partial charge in [0.1, 0.15) is 16.5 Å². The van der Waals surface area contributed by atoms with Crippen molar-refractivity contribution >= 4 is 51.2 Å². The number of aryl methyl sites for hydroxylation is 1. The van der Waals surface area contributed by atoms with Gasteiger partial charge in [-0.1, -0.05) is 23.7 Å². The maximum atomic E-state index is 13.1. The van der Waals surface area contributed by atoms with Crippen molar-refractivity contribution in [3.63, 3.8) is 0 Å². The van der Waals surface area contributed by atoms with Crippen molar-refractivity contribution in [3.05, 3.63) is 62.2 Å². The number of primary amides is 1. The normalized spacial score (nSPS) is 19.8. The largest absolute Gasteiger partial charge is 0.366 e. The number of rotatable bonds is 3. The number of hydrazone groups is 1. The monoisotopic (exact) mass is 454 g/mol. The Morgan fingerprint density at radius 1 is 1.23 bits per heavy atom. The summed E-state index contributed by atoms with van der Waals surface area (Å²) in [6, 6.07) is 6.81. The predicted molar refractivity (Wildman–Crippen MR) is 119 cm³/mol. The van der Waals surface area contributed by atoms with Crippen molar-refractivity contribution in [3.8, 4) is 0 Å². The molecule has 2 amide bonds. The zero-order chi connectivity index (χ0) is 21.9. The molecule has 9 heteroatoms. The van der Waals surface area contributed by atoms with Crippen LogP contribution < -0.4 is 16.1 Å². The number of ketones is 1. The molecule has 0 spiro atoms. The molecule has 7 nitrogen and oxygen atoms in total. The fraction of sp³-hybridized carbons (Fsp3) is 0.273. The summed E-state index contributed by atoms with van der Waals surface area (Å²) >= 11 is 7.52. The van der Waals surface area contributed by atoms with E-state index in [4.69, 9.17) is 17.3 Å². The first-order valence-corrected chi connectivity index (χ1v) is 11.2. The predicted octanol–water partition coefficient (Wildman–Crippen LogP) is 3.27. The molecule has 1 aliphatic carbocycles. The van der Waals surface area contributed by atoms with Gasteiger partial charge in [-0.15, -0.1) is 11.3 Å². The summed E-state index contributed by atoms with van der Waals surface area (Å²) in [4.78, 5) is 39.5. The van der Waals surface area contributed by atoms with Gasteiger partial charge in [0, 0.05) is 16.8 Å². The highest BCUT2D eigenvalue weighted by Gasteiger charge is 2.43. The summed E-state index contributed by atoms with van der Waals surface area (Å²) in [5.41, 5.74) is 8.39. The fourth-order valence-electron chi connectivity index (χ4n) is 4.49. The van der Waals surface area contributed by atoms with Crippen LogP contribution in [0.1, 0.15) is 52.0 Å². The number of Topliss-reactive ketones (excluding diaryl/α,β-unsaturated/α-hetero) is 1. The van der Waals surface area contributed by atoms with E-state index in [2.05, 4.69) is 10.4 Å². The summed E-state index contributed by atoms with van der Waals surface area (Å²) in [5.74, 6) is -1.85. The smallest absolute Gasteiger partial charge is 0.260 e. The maximum Gasteiger partial charge on any atom is 0.260 e. The first kappa shape index (κ1) is 20.0. The van der Waals surface area contributed by atoms with E-state index < -0.39 is 11.8 Å². The van der Waals surface area contributed by atoms with Crippen LogP contribution in [0.15, 0.2) is 40.8 Å². The average Bonchev–Trinajstić information content (AvgIpc) is 3.13. The van der Waals surface area contributed by atoms with E-state index in [1.54, 1.807) is 24.3 Å².